The highest BCUT2D eigenvalue weighted by molar-refractivity contribution is 9.10. The first kappa shape index (κ1) is 22.2. The number of hydrogen-bond acceptors (Lipinski definition) is 6. The molecule has 34 heavy (non-hydrogen) atoms. The van der Waals surface area contributed by atoms with E-state index in [1.54, 1.807) is 55.6 Å². The minimum atomic E-state index is -0.337. The summed E-state index contributed by atoms with van der Waals surface area (Å²) in [7, 11) is 3.09. The number of fused-ring (bicyclic) bond motifs is 2. The highest BCUT2D eigenvalue weighted by atomic mass is 79.9. The van der Waals surface area contributed by atoms with E-state index in [0.29, 0.717) is 44.3 Å². The van der Waals surface area contributed by atoms with Gasteiger partial charge >= 0.3 is 0 Å². The van der Waals surface area contributed by atoms with Crippen molar-refractivity contribution in [1.82, 2.24) is 9.66 Å². The average Bonchev–Trinajstić information content (AvgIpc) is 3.26. The summed E-state index contributed by atoms with van der Waals surface area (Å²) in [5.74, 6) is 1.65. The third kappa shape index (κ3) is 3.95. The van der Waals surface area contributed by atoms with Crippen molar-refractivity contribution < 1.29 is 13.9 Å². The predicted octanol–water partition coefficient (Wildman–Crippen LogP) is 6.13. The maximum Gasteiger partial charge on any atom is 0.282 e. The molecule has 2 aromatic heterocycles. The molecule has 0 N–H and O–H groups in total. The lowest BCUT2D eigenvalue weighted by Crippen LogP contribution is -2.20. The third-order valence-corrected chi connectivity index (χ3v) is 5.93. The Morgan fingerprint density at radius 1 is 1.09 bits per heavy atom. The van der Waals surface area contributed by atoms with Gasteiger partial charge in [-0.1, -0.05) is 39.7 Å². The SMILES string of the molecule is COc1cc(Br)cc(C=Nn2c(-c3cc4cc(Cl)ccc4o3)nc3ccccc3c2=O)c1OC. The minimum absolute atomic E-state index is 0.258. The molecule has 0 aliphatic rings. The van der Waals surface area contributed by atoms with Crippen LogP contribution in [0.1, 0.15) is 5.56 Å². The molecule has 0 spiro atoms. The summed E-state index contributed by atoms with van der Waals surface area (Å²) in [5.41, 5.74) is 1.43. The summed E-state index contributed by atoms with van der Waals surface area (Å²) in [6.45, 7) is 0. The van der Waals surface area contributed by atoms with Gasteiger partial charge in [-0.3, -0.25) is 4.79 Å². The first-order valence-corrected chi connectivity index (χ1v) is 11.3. The first-order valence-electron chi connectivity index (χ1n) is 10.2. The van der Waals surface area contributed by atoms with Gasteiger partial charge in [0.05, 0.1) is 31.3 Å². The van der Waals surface area contributed by atoms with Crippen LogP contribution in [-0.2, 0) is 0 Å². The monoisotopic (exact) mass is 537 g/mol. The number of aromatic nitrogens is 2. The summed E-state index contributed by atoms with van der Waals surface area (Å²) >= 11 is 9.59. The second kappa shape index (κ2) is 8.96. The number of hydrogen-bond donors (Lipinski definition) is 0. The van der Waals surface area contributed by atoms with Gasteiger partial charge in [0.15, 0.2) is 17.3 Å². The molecular weight excluding hydrogens is 522 g/mol. The van der Waals surface area contributed by atoms with Crippen LogP contribution in [0, 0.1) is 0 Å². The molecule has 0 amide bonds. The third-order valence-electron chi connectivity index (χ3n) is 5.24. The Morgan fingerprint density at radius 3 is 2.71 bits per heavy atom. The maximum atomic E-state index is 13.4. The quantitative estimate of drug-likeness (QED) is 0.252. The van der Waals surface area contributed by atoms with E-state index in [-0.39, 0.29) is 11.4 Å². The van der Waals surface area contributed by atoms with Crippen molar-refractivity contribution in [3.05, 3.63) is 86.1 Å². The molecule has 0 saturated heterocycles. The lowest BCUT2D eigenvalue weighted by molar-refractivity contribution is 0.354. The van der Waals surface area contributed by atoms with Crippen LogP contribution in [0.15, 0.2) is 79.4 Å². The number of nitrogens with zero attached hydrogens (tertiary/aromatic N) is 3. The molecule has 0 unspecified atom stereocenters. The Morgan fingerprint density at radius 2 is 1.91 bits per heavy atom. The molecule has 0 saturated carbocycles. The Hall–Kier alpha value is -3.62. The van der Waals surface area contributed by atoms with Crippen LogP contribution in [0.5, 0.6) is 11.5 Å². The van der Waals surface area contributed by atoms with Crippen LogP contribution in [0.25, 0.3) is 33.5 Å². The van der Waals surface area contributed by atoms with Crippen molar-refractivity contribution in [2.45, 2.75) is 0 Å². The van der Waals surface area contributed by atoms with Crippen LogP contribution < -0.4 is 15.0 Å². The standard InChI is InChI=1S/C25H17BrClN3O4/c1-32-21-12-16(26)9-15(23(21)33-2)13-28-30-24(29-19-6-4-3-5-18(19)25(30)31)22-11-14-10-17(27)7-8-20(14)34-22/h3-13H,1-2H3. The van der Waals surface area contributed by atoms with Crippen LogP contribution in [-0.4, -0.2) is 30.1 Å². The van der Waals surface area contributed by atoms with E-state index in [1.165, 1.54) is 18.0 Å². The first-order chi connectivity index (χ1) is 16.5. The fourth-order valence-corrected chi connectivity index (χ4v) is 4.32. The molecule has 9 heteroatoms. The van der Waals surface area contributed by atoms with Gasteiger partial charge in [0.1, 0.15) is 5.58 Å². The Labute approximate surface area is 207 Å². The lowest BCUT2D eigenvalue weighted by atomic mass is 10.2. The molecule has 0 aliphatic heterocycles. The molecule has 170 valence electrons. The minimum Gasteiger partial charge on any atom is -0.493 e. The molecule has 0 atom stereocenters. The predicted molar refractivity (Wildman–Crippen MR) is 136 cm³/mol. The number of ether oxygens (including phenoxy) is 2. The highest BCUT2D eigenvalue weighted by Crippen LogP contribution is 2.34. The number of methoxy groups -OCH3 is 2. The fourth-order valence-electron chi connectivity index (χ4n) is 3.69. The molecule has 0 aliphatic carbocycles. The zero-order chi connectivity index (χ0) is 23.8. The lowest BCUT2D eigenvalue weighted by Gasteiger charge is -2.11. The highest BCUT2D eigenvalue weighted by Gasteiger charge is 2.17. The van der Waals surface area contributed by atoms with Crippen LogP contribution >= 0.6 is 27.5 Å². The summed E-state index contributed by atoms with van der Waals surface area (Å²) in [4.78, 5) is 18.1. The molecule has 0 radical (unpaired) electrons. The van der Waals surface area contributed by atoms with E-state index in [0.717, 1.165) is 9.86 Å². The summed E-state index contributed by atoms with van der Waals surface area (Å²) < 4.78 is 18.9. The van der Waals surface area contributed by atoms with E-state index < -0.39 is 0 Å². The zero-order valence-electron chi connectivity index (χ0n) is 18.1. The molecule has 0 fully saturated rings. The summed E-state index contributed by atoms with van der Waals surface area (Å²) in [5, 5.41) is 6.29. The molecular formula is C25H17BrClN3O4. The van der Waals surface area contributed by atoms with E-state index in [2.05, 4.69) is 26.0 Å². The van der Waals surface area contributed by atoms with Crippen molar-refractivity contribution in [3.8, 4) is 23.1 Å². The zero-order valence-corrected chi connectivity index (χ0v) is 20.4. The number of rotatable bonds is 5. The van der Waals surface area contributed by atoms with Gasteiger partial charge in [0.2, 0.25) is 5.82 Å². The number of para-hydroxylation sites is 1. The fraction of sp³-hybridized carbons (Fsp3) is 0.0800. The van der Waals surface area contributed by atoms with Crippen molar-refractivity contribution in [2.24, 2.45) is 5.10 Å². The molecule has 5 aromatic rings. The number of furan rings is 1. The van der Waals surface area contributed by atoms with Gasteiger partial charge in [-0.2, -0.15) is 9.78 Å². The van der Waals surface area contributed by atoms with E-state index in [4.69, 9.17) is 25.5 Å². The molecule has 2 heterocycles. The second-order valence-electron chi connectivity index (χ2n) is 7.34. The Kier molecular flexibility index (Phi) is 5.85. The van der Waals surface area contributed by atoms with E-state index >= 15 is 0 Å². The van der Waals surface area contributed by atoms with Gasteiger partial charge in [-0.15, -0.1) is 0 Å². The van der Waals surface area contributed by atoms with Crippen molar-refractivity contribution in [1.29, 1.82) is 0 Å². The van der Waals surface area contributed by atoms with Crippen molar-refractivity contribution in [3.63, 3.8) is 0 Å². The Balaban J connectivity index is 1.74. The molecule has 5 rings (SSSR count). The molecule has 7 nitrogen and oxygen atoms in total. The smallest absolute Gasteiger partial charge is 0.282 e. The van der Waals surface area contributed by atoms with Gasteiger partial charge in [-0.05, 0) is 48.5 Å². The summed E-state index contributed by atoms with van der Waals surface area (Å²) in [6.07, 6.45) is 1.52. The van der Waals surface area contributed by atoms with Gasteiger partial charge in [-0.25, -0.2) is 4.98 Å². The molecule has 0 bridgehead atoms. The number of halogens is 2. The van der Waals surface area contributed by atoms with Crippen LogP contribution in [0.4, 0.5) is 0 Å². The average molecular weight is 539 g/mol. The van der Waals surface area contributed by atoms with Crippen LogP contribution in [0.2, 0.25) is 5.02 Å². The largest absolute Gasteiger partial charge is 0.493 e. The van der Waals surface area contributed by atoms with Crippen LogP contribution in [0.3, 0.4) is 0 Å². The molecule has 3 aromatic carbocycles. The van der Waals surface area contributed by atoms with Gasteiger partial charge in [0.25, 0.3) is 5.56 Å². The topological polar surface area (TPSA) is 78.9 Å². The Bertz CT molecular complexity index is 1640. The van der Waals surface area contributed by atoms with Gasteiger partial charge in [0, 0.05) is 20.4 Å². The number of benzene rings is 3. The van der Waals surface area contributed by atoms with Crippen molar-refractivity contribution >= 4 is 55.6 Å². The van der Waals surface area contributed by atoms with E-state index in [9.17, 15) is 4.79 Å². The maximum absolute atomic E-state index is 13.4. The van der Waals surface area contributed by atoms with E-state index in [1.807, 2.05) is 12.1 Å². The van der Waals surface area contributed by atoms with Gasteiger partial charge < -0.3 is 13.9 Å². The van der Waals surface area contributed by atoms with Crippen molar-refractivity contribution in [2.75, 3.05) is 14.2 Å². The summed E-state index contributed by atoms with van der Waals surface area (Å²) in [6, 6.07) is 17.8. The normalized spacial score (nSPS) is 11.5. The second-order valence-corrected chi connectivity index (χ2v) is 8.69.